The molecule has 0 aliphatic heterocycles. The van der Waals surface area contributed by atoms with Crippen molar-refractivity contribution in [1.82, 2.24) is 0 Å². The summed E-state index contributed by atoms with van der Waals surface area (Å²) in [7, 11) is 1.56. The molecule has 0 bridgehead atoms. The monoisotopic (exact) mass is 327 g/mol. The van der Waals surface area contributed by atoms with Gasteiger partial charge in [0.25, 0.3) is 5.91 Å². The van der Waals surface area contributed by atoms with E-state index in [1.807, 2.05) is 32.0 Å². The molecule has 0 aliphatic carbocycles. The van der Waals surface area contributed by atoms with Gasteiger partial charge >= 0.3 is 5.97 Å². The summed E-state index contributed by atoms with van der Waals surface area (Å²) in [5.41, 5.74) is 3.86. The molecule has 0 atom stereocenters. The van der Waals surface area contributed by atoms with Crippen LogP contribution in [0.4, 0.5) is 5.69 Å². The van der Waals surface area contributed by atoms with E-state index in [2.05, 4.69) is 5.32 Å². The second kappa shape index (κ2) is 7.64. The molecule has 2 aromatic carbocycles. The van der Waals surface area contributed by atoms with Gasteiger partial charge in [-0.15, -0.1) is 0 Å². The van der Waals surface area contributed by atoms with Gasteiger partial charge in [-0.2, -0.15) is 0 Å². The minimum absolute atomic E-state index is 0.336. The van der Waals surface area contributed by atoms with Crippen LogP contribution >= 0.6 is 0 Å². The van der Waals surface area contributed by atoms with E-state index in [0.717, 1.165) is 22.4 Å². The number of amides is 1. The molecule has 0 saturated carbocycles. The van der Waals surface area contributed by atoms with Crippen LogP contribution in [0.1, 0.15) is 27.0 Å². The van der Waals surface area contributed by atoms with Gasteiger partial charge in [-0.1, -0.05) is 12.1 Å². The van der Waals surface area contributed by atoms with Gasteiger partial charge in [0, 0.05) is 5.69 Å². The van der Waals surface area contributed by atoms with Crippen molar-refractivity contribution in [3.63, 3.8) is 0 Å². The molecule has 0 radical (unpaired) electrons. The SMILES string of the molecule is COc1ccc(C(=O)OCC(=O)Nc2cc(C)ccc2C)c(C)c1. The predicted molar refractivity (Wildman–Crippen MR) is 92.6 cm³/mol. The number of nitrogens with one attached hydrogen (secondary N) is 1. The van der Waals surface area contributed by atoms with Crippen molar-refractivity contribution in [2.45, 2.75) is 20.8 Å². The normalized spacial score (nSPS) is 10.2. The lowest BCUT2D eigenvalue weighted by Gasteiger charge is -2.11. The number of methoxy groups -OCH3 is 1. The predicted octanol–water partition coefficient (Wildman–Crippen LogP) is 3.42. The zero-order valence-corrected chi connectivity index (χ0v) is 14.3. The number of carbonyl (C=O) groups is 2. The lowest BCUT2D eigenvalue weighted by molar-refractivity contribution is -0.119. The molecule has 5 nitrogen and oxygen atoms in total. The van der Waals surface area contributed by atoms with Crippen molar-refractivity contribution in [2.24, 2.45) is 0 Å². The number of benzene rings is 2. The van der Waals surface area contributed by atoms with Crippen LogP contribution in [0, 0.1) is 20.8 Å². The third kappa shape index (κ3) is 4.35. The number of anilines is 1. The first kappa shape index (κ1) is 17.5. The van der Waals surface area contributed by atoms with Crippen LogP contribution in [0.2, 0.25) is 0 Å². The molecule has 1 N–H and O–H groups in total. The van der Waals surface area contributed by atoms with E-state index in [1.54, 1.807) is 32.2 Å². The maximum atomic E-state index is 12.1. The molecule has 126 valence electrons. The van der Waals surface area contributed by atoms with Crippen LogP contribution in [-0.4, -0.2) is 25.6 Å². The number of ether oxygens (including phenoxy) is 2. The second-order valence-corrected chi connectivity index (χ2v) is 5.62. The van der Waals surface area contributed by atoms with E-state index in [0.29, 0.717) is 11.3 Å². The van der Waals surface area contributed by atoms with Crippen molar-refractivity contribution >= 4 is 17.6 Å². The van der Waals surface area contributed by atoms with E-state index in [1.165, 1.54) is 0 Å². The first-order valence-corrected chi connectivity index (χ1v) is 7.59. The zero-order chi connectivity index (χ0) is 17.7. The zero-order valence-electron chi connectivity index (χ0n) is 14.3. The van der Waals surface area contributed by atoms with Crippen LogP contribution in [0.25, 0.3) is 0 Å². The fraction of sp³-hybridized carbons (Fsp3) is 0.263. The lowest BCUT2D eigenvalue weighted by Crippen LogP contribution is -2.21. The third-order valence-electron chi connectivity index (χ3n) is 3.66. The summed E-state index contributed by atoms with van der Waals surface area (Å²) in [5, 5.41) is 2.75. The summed E-state index contributed by atoms with van der Waals surface area (Å²) in [5.74, 6) is -0.244. The Hall–Kier alpha value is -2.82. The molecule has 24 heavy (non-hydrogen) atoms. The average Bonchev–Trinajstić information content (AvgIpc) is 2.55. The van der Waals surface area contributed by atoms with Crippen molar-refractivity contribution in [1.29, 1.82) is 0 Å². The standard InChI is InChI=1S/C19H21NO4/c1-12-5-6-13(2)17(9-12)20-18(21)11-24-19(22)16-8-7-15(23-4)10-14(16)3/h5-10H,11H2,1-4H3,(H,20,21). The highest BCUT2D eigenvalue weighted by atomic mass is 16.5. The maximum absolute atomic E-state index is 12.1. The summed E-state index contributed by atoms with van der Waals surface area (Å²) < 4.78 is 10.2. The Morgan fingerprint density at radius 2 is 1.75 bits per heavy atom. The minimum atomic E-state index is -0.536. The van der Waals surface area contributed by atoms with Crippen LogP contribution in [0.5, 0.6) is 5.75 Å². The quantitative estimate of drug-likeness (QED) is 0.855. The number of rotatable bonds is 5. The molecule has 0 heterocycles. The van der Waals surface area contributed by atoms with Gasteiger partial charge in [0.1, 0.15) is 5.75 Å². The summed E-state index contributed by atoms with van der Waals surface area (Å²) in [6, 6.07) is 10.8. The number of carbonyl (C=O) groups excluding carboxylic acids is 2. The van der Waals surface area contributed by atoms with E-state index in [4.69, 9.17) is 9.47 Å². The first-order valence-electron chi connectivity index (χ1n) is 7.59. The smallest absolute Gasteiger partial charge is 0.338 e. The van der Waals surface area contributed by atoms with E-state index in [-0.39, 0.29) is 12.5 Å². The minimum Gasteiger partial charge on any atom is -0.497 e. The van der Waals surface area contributed by atoms with Crippen molar-refractivity contribution in [3.05, 3.63) is 58.7 Å². The third-order valence-corrected chi connectivity index (χ3v) is 3.66. The van der Waals surface area contributed by atoms with Gasteiger partial charge in [-0.25, -0.2) is 4.79 Å². The molecule has 0 saturated heterocycles. The maximum Gasteiger partial charge on any atom is 0.338 e. The second-order valence-electron chi connectivity index (χ2n) is 5.62. The molecule has 2 aromatic rings. The number of hydrogen-bond donors (Lipinski definition) is 1. The summed E-state index contributed by atoms with van der Waals surface area (Å²) in [6.07, 6.45) is 0. The van der Waals surface area contributed by atoms with Crippen molar-refractivity contribution in [2.75, 3.05) is 19.0 Å². The Bertz CT molecular complexity index is 768. The Kier molecular flexibility index (Phi) is 5.58. The molecular formula is C19H21NO4. The highest BCUT2D eigenvalue weighted by Crippen LogP contribution is 2.18. The molecule has 0 spiro atoms. The molecule has 0 unspecified atom stereocenters. The summed E-state index contributed by atoms with van der Waals surface area (Å²) in [6.45, 7) is 5.30. The fourth-order valence-corrected chi connectivity index (χ4v) is 2.26. The number of esters is 1. The molecular weight excluding hydrogens is 306 g/mol. The molecule has 0 fully saturated rings. The largest absolute Gasteiger partial charge is 0.497 e. The highest BCUT2D eigenvalue weighted by molar-refractivity contribution is 5.96. The fourth-order valence-electron chi connectivity index (χ4n) is 2.26. The van der Waals surface area contributed by atoms with Crippen LogP contribution in [0.15, 0.2) is 36.4 Å². The number of hydrogen-bond acceptors (Lipinski definition) is 4. The summed E-state index contributed by atoms with van der Waals surface area (Å²) >= 11 is 0. The van der Waals surface area contributed by atoms with E-state index in [9.17, 15) is 9.59 Å². The average molecular weight is 327 g/mol. The first-order chi connectivity index (χ1) is 11.4. The Morgan fingerprint density at radius 1 is 1.00 bits per heavy atom. The van der Waals surface area contributed by atoms with Crippen molar-refractivity contribution in [3.8, 4) is 5.75 Å². The van der Waals surface area contributed by atoms with Gasteiger partial charge in [0.05, 0.1) is 12.7 Å². The summed E-state index contributed by atoms with van der Waals surface area (Å²) in [4.78, 5) is 24.1. The molecule has 0 aliphatic rings. The Balaban J connectivity index is 1.96. The topological polar surface area (TPSA) is 64.6 Å². The highest BCUT2D eigenvalue weighted by Gasteiger charge is 2.14. The van der Waals surface area contributed by atoms with E-state index >= 15 is 0 Å². The van der Waals surface area contributed by atoms with Gasteiger partial charge in [-0.3, -0.25) is 4.79 Å². The molecule has 1 amide bonds. The lowest BCUT2D eigenvalue weighted by atomic mass is 10.1. The van der Waals surface area contributed by atoms with Gasteiger partial charge < -0.3 is 14.8 Å². The van der Waals surface area contributed by atoms with Crippen LogP contribution in [-0.2, 0) is 9.53 Å². The molecule has 0 aromatic heterocycles. The number of aryl methyl sites for hydroxylation is 3. The van der Waals surface area contributed by atoms with Crippen molar-refractivity contribution < 1.29 is 19.1 Å². The Morgan fingerprint density at radius 3 is 2.42 bits per heavy atom. The van der Waals surface area contributed by atoms with Crippen LogP contribution < -0.4 is 10.1 Å². The van der Waals surface area contributed by atoms with Gasteiger partial charge in [0.2, 0.25) is 0 Å². The molecule has 5 heteroatoms. The van der Waals surface area contributed by atoms with Gasteiger partial charge in [0.15, 0.2) is 6.61 Å². The van der Waals surface area contributed by atoms with E-state index < -0.39 is 5.97 Å². The van der Waals surface area contributed by atoms with Crippen LogP contribution in [0.3, 0.4) is 0 Å². The Labute approximate surface area is 141 Å². The molecule has 2 rings (SSSR count). The van der Waals surface area contributed by atoms with Gasteiger partial charge in [-0.05, 0) is 61.7 Å².